The van der Waals surface area contributed by atoms with E-state index in [0.29, 0.717) is 0 Å². The number of carbonyl (C=O) groups is 1. The summed E-state index contributed by atoms with van der Waals surface area (Å²) < 4.78 is 6.74. The van der Waals surface area contributed by atoms with Gasteiger partial charge in [0.2, 0.25) is 0 Å². The number of halogens is 1. The zero-order chi connectivity index (χ0) is 18.1. The van der Waals surface area contributed by atoms with Crippen LogP contribution in [0.25, 0.3) is 6.08 Å². The highest BCUT2D eigenvalue weighted by Crippen LogP contribution is 2.29. The van der Waals surface area contributed by atoms with Gasteiger partial charge in [-0.15, -0.1) is 11.3 Å². The normalized spacial score (nSPS) is 11.2. The molecule has 0 saturated carbocycles. The van der Waals surface area contributed by atoms with Gasteiger partial charge in [-0.3, -0.25) is 4.79 Å². The van der Waals surface area contributed by atoms with Crippen molar-refractivity contribution in [1.82, 2.24) is 0 Å². The zero-order valence-electron chi connectivity index (χ0n) is 14.9. The lowest BCUT2D eigenvalue weighted by Crippen LogP contribution is -1.96. The maximum absolute atomic E-state index is 12.3. The molecule has 0 spiro atoms. The minimum absolute atomic E-state index is 0.0490. The number of benzene rings is 1. The van der Waals surface area contributed by atoms with Crippen molar-refractivity contribution >= 4 is 39.1 Å². The molecule has 25 heavy (non-hydrogen) atoms. The number of carbonyl (C=O) groups excluding carboxylic acids is 1. The van der Waals surface area contributed by atoms with Gasteiger partial charge in [-0.25, -0.2) is 0 Å². The third-order valence-electron chi connectivity index (χ3n) is 3.80. The third-order valence-corrected chi connectivity index (χ3v) is 5.98. The van der Waals surface area contributed by atoms with E-state index in [0.717, 1.165) is 46.5 Å². The standard InChI is InChI=1S/C21H25BrO2S/c1-3-5-6-14-24-17-11-8-16(9-12-17)10-13-19(23)21-15-18(22)20(25-21)7-4-2/h8-13,15H,3-7,14H2,1-2H3/b13-10+. The Bertz CT molecular complexity index is 701. The third kappa shape index (κ3) is 6.44. The second-order valence-electron chi connectivity index (χ2n) is 5.95. The average Bonchev–Trinajstić information content (AvgIpc) is 2.99. The molecule has 1 aromatic heterocycles. The van der Waals surface area contributed by atoms with Crippen LogP contribution in [0.1, 0.15) is 59.6 Å². The predicted molar refractivity (Wildman–Crippen MR) is 111 cm³/mol. The van der Waals surface area contributed by atoms with Gasteiger partial charge in [0.15, 0.2) is 5.78 Å². The Morgan fingerprint density at radius 1 is 1.16 bits per heavy atom. The molecule has 0 amide bonds. The summed E-state index contributed by atoms with van der Waals surface area (Å²) in [5, 5.41) is 0. The Morgan fingerprint density at radius 2 is 1.92 bits per heavy atom. The molecule has 4 heteroatoms. The van der Waals surface area contributed by atoms with Crippen molar-refractivity contribution in [3.05, 3.63) is 56.2 Å². The van der Waals surface area contributed by atoms with Crippen molar-refractivity contribution in [3.8, 4) is 5.75 Å². The largest absolute Gasteiger partial charge is 0.494 e. The van der Waals surface area contributed by atoms with Crippen LogP contribution < -0.4 is 4.74 Å². The maximum Gasteiger partial charge on any atom is 0.195 e. The molecule has 2 rings (SSSR count). The lowest BCUT2D eigenvalue weighted by atomic mass is 10.2. The first kappa shape index (κ1) is 19.9. The van der Waals surface area contributed by atoms with E-state index in [-0.39, 0.29) is 5.78 Å². The highest BCUT2D eigenvalue weighted by atomic mass is 79.9. The van der Waals surface area contributed by atoms with Crippen molar-refractivity contribution in [2.24, 2.45) is 0 Å². The molecule has 1 aromatic carbocycles. The number of ether oxygens (including phenoxy) is 1. The van der Waals surface area contributed by atoms with Crippen LogP contribution in [0, 0.1) is 0 Å². The maximum atomic E-state index is 12.3. The molecule has 0 saturated heterocycles. The van der Waals surface area contributed by atoms with Crippen LogP contribution in [0.3, 0.4) is 0 Å². The minimum atomic E-state index is 0.0490. The van der Waals surface area contributed by atoms with Crippen molar-refractivity contribution in [3.63, 3.8) is 0 Å². The quantitative estimate of drug-likeness (QED) is 0.236. The molecule has 0 unspecified atom stereocenters. The van der Waals surface area contributed by atoms with E-state index in [4.69, 9.17) is 4.74 Å². The molecule has 0 aliphatic carbocycles. The fourth-order valence-corrected chi connectivity index (χ4v) is 4.29. The van der Waals surface area contributed by atoms with Crippen LogP contribution in [-0.2, 0) is 6.42 Å². The first-order valence-corrected chi connectivity index (χ1v) is 10.5. The smallest absolute Gasteiger partial charge is 0.195 e. The van der Waals surface area contributed by atoms with Crippen molar-refractivity contribution in [2.75, 3.05) is 6.61 Å². The number of rotatable bonds is 10. The lowest BCUT2D eigenvalue weighted by molar-refractivity contribution is 0.105. The first-order valence-electron chi connectivity index (χ1n) is 8.87. The van der Waals surface area contributed by atoms with Gasteiger partial charge in [-0.2, -0.15) is 0 Å². The topological polar surface area (TPSA) is 26.3 Å². The van der Waals surface area contributed by atoms with E-state index in [1.807, 2.05) is 36.4 Å². The highest BCUT2D eigenvalue weighted by Gasteiger charge is 2.10. The van der Waals surface area contributed by atoms with Gasteiger partial charge in [0.05, 0.1) is 11.5 Å². The number of hydrogen-bond acceptors (Lipinski definition) is 3. The molecule has 0 N–H and O–H groups in total. The van der Waals surface area contributed by atoms with Gasteiger partial charge in [-0.1, -0.05) is 51.3 Å². The molecule has 0 bridgehead atoms. The molecule has 0 atom stereocenters. The molecule has 1 heterocycles. The molecule has 0 fully saturated rings. The van der Waals surface area contributed by atoms with Gasteiger partial charge in [-0.05, 0) is 58.6 Å². The fourth-order valence-electron chi connectivity index (χ4n) is 2.40. The summed E-state index contributed by atoms with van der Waals surface area (Å²) in [7, 11) is 0. The number of ketones is 1. The highest BCUT2D eigenvalue weighted by molar-refractivity contribution is 9.10. The van der Waals surface area contributed by atoms with E-state index in [1.165, 1.54) is 17.7 Å². The molecule has 2 aromatic rings. The van der Waals surface area contributed by atoms with Crippen LogP contribution in [0.15, 0.2) is 40.9 Å². The second-order valence-corrected chi connectivity index (χ2v) is 7.95. The van der Waals surface area contributed by atoms with Crippen LogP contribution in [0.2, 0.25) is 0 Å². The van der Waals surface area contributed by atoms with Gasteiger partial charge in [0.25, 0.3) is 0 Å². The van der Waals surface area contributed by atoms with Crippen molar-refractivity contribution in [2.45, 2.75) is 46.0 Å². The number of allylic oxidation sites excluding steroid dienone is 1. The predicted octanol–water partition coefficient (Wildman–Crippen LogP) is 6.93. The fraction of sp³-hybridized carbons (Fsp3) is 0.381. The van der Waals surface area contributed by atoms with Crippen LogP contribution >= 0.6 is 27.3 Å². The SMILES string of the molecule is CCCCCOc1ccc(/C=C/C(=O)c2cc(Br)c(CCC)s2)cc1. The van der Waals surface area contributed by atoms with Crippen molar-refractivity contribution in [1.29, 1.82) is 0 Å². The Hall–Kier alpha value is -1.39. The lowest BCUT2D eigenvalue weighted by Gasteiger charge is -2.05. The summed E-state index contributed by atoms with van der Waals surface area (Å²) >= 11 is 5.12. The number of thiophene rings is 1. The molecule has 0 aliphatic rings. The molecule has 2 nitrogen and oxygen atoms in total. The van der Waals surface area contributed by atoms with E-state index in [9.17, 15) is 4.79 Å². The summed E-state index contributed by atoms with van der Waals surface area (Å²) in [5.74, 6) is 0.930. The molecule has 134 valence electrons. The average molecular weight is 421 g/mol. The molecule has 0 aliphatic heterocycles. The Kier molecular flexibility index (Phi) is 8.42. The Morgan fingerprint density at radius 3 is 2.60 bits per heavy atom. The second kappa shape index (κ2) is 10.6. The summed E-state index contributed by atoms with van der Waals surface area (Å²) in [6.45, 7) is 5.08. The molecular weight excluding hydrogens is 396 g/mol. The first-order chi connectivity index (χ1) is 12.1. The van der Waals surface area contributed by atoms with E-state index in [2.05, 4.69) is 29.8 Å². The van der Waals surface area contributed by atoms with Gasteiger partial charge in [0.1, 0.15) is 5.75 Å². The van der Waals surface area contributed by atoms with Gasteiger partial charge < -0.3 is 4.74 Å². The van der Waals surface area contributed by atoms with Crippen molar-refractivity contribution < 1.29 is 9.53 Å². The summed E-state index contributed by atoms with van der Waals surface area (Å²) in [5.41, 5.74) is 0.999. The van der Waals surface area contributed by atoms with Gasteiger partial charge >= 0.3 is 0 Å². The summed E-state index contributed by atoms with van der Waals surface area (Å²) in [6.07, 6.45) is 9.06. The monoisotopic (exact) mass is 420 g/mol. The zero-order valence-corrected chi connectivity index (χ0v) is 17.3. The Balaban J connectivity index is 1.92. The summed E-state index contributed by atoms with van der Waals surface area (Å²) in [6, 6.07) is 9.79. The van der Waals surface area contributed by atoms with E-state index >= 15 is 0 Å². The minimum Gasteiger partial charge on any atom is -0.494 e. The van der Waals surface area contributed by atoms with E-state index in [1.54, 1.807) is 17.4 Å². The number of aryl methyl sites for hydroxylation is 1. The summed E-state index contributed by atoms with van der Waals surface area (Å²) in [4.78, 5) is 14.4. The number of hydrogen-bond donors (Lipinski definition) is 0. The number of unbranched alkanes of at least 4 members (excludes halogenated alkanes) is 2. The van der Waals surface area contributed by atoms with Gasteiger partial charge in [0, 0.05) is 9.35 Å². The molecule has 0 radical (unpaired) electrons. The van der Waals surface area contributed by atoms with Crippen LogP contribution in [-0.4, -0.2) is 12.4 Å². The van der Waals surface area contributed by atoms with E-state index < -0.39 is 0 Å². The Labute approximate surface area is 163 Å². The molecular formula is C21H25BrO2S. The van der Waals surface area contributed by atoms with Crippen LogP contribution in [0.4, 0.5) is 0 Å². The van der Waals surface area contributed by atoms with Crippen LogP contribution in [0.5, 0.6) is 5.75 Å².